The van der Waals surface area contributed by atoms with Gasteiger partial charge in [-0.25, -0.2) is 4.39 Å². The van der Waals surface area contributed by atoms with Gasteiger partial charge in [0.1, 0.15) is 5.82 Å². The third-order valence-corrected chi connectivity index (χ3v) is 4.15. The van der Waals surface area contributed by atoms with Crippen LogP contribution in [0.25, 0.3) is 0 Å². The normalized spacial score (nSPS) is 16.3. The van der Waals surface area contributed by atoms with Gasteiger partial charge in [0, 0.05) is 16.6 Å². The molecule has 0 radical (unpaired) electrons. The molecule has 0 aliphatic heterocycles. The zero-order valence-electron chi connectivity index (χ0n) is 10.8. The van der Waals surface area contributed by atoms with Crippen molar-refractivity contribution in [3.05, 3.63) is 34.1 Å². The standard InChI is InChI=1S/C14H15BrFNO3/c15-10-4-9(5-11(16)6-10)13(20)17-8-14(2-1-3-14)7-12(18)19/h4-6H,1-3,7-8H2,(H,17,20)(H,18,19). The van der Waals surface area contributed by atoms with Gasteiger partial charge in [0.25, 0.3) is 5.91 Å². The van der Waals surface area contributed by atoms with Crippen molar-refractivity contribution in [3.63, 3.8) is 0 Å². The van der Waals surface area contributed by atoms with E-state index in [1.807, 2.05) is 0 Å². The Bertz CT molecular complexity index is 523. The van der Waals surface area contributed by atoms with Crippen molar-refractivity contribution < 1.29 is 19.1 Å². The fraction of sp³-hybridized carbons (Fsp3) is 0.429. The lowest BCUT2D eigenvalue weighted by molar-refractivity contribution is -0.141. The molecule has 1 aliphatic carbocycles. The van der Waals surface area contributed by atoms with Gasteiger partial charge >= 0.3 is 5.97 Å². The number of rotatable bonds is 5. The zero-order chi connectivity index (χ0) is 14.8. The Hall–Kier alpha value is -1.43. The molecule has 1 aromatic rings. The van der Waals surface area contributed by atoms with Crippen LogP contribution in [0.3, 0.4) is 0 Å². The Morgan fingerprint density at radius 1 is 1.35 bits per heavy atom. The topological polar surface area (TPSA) is 66.4 Å². The number of carboxylic acid groups (broad SMARTS) is 1. The first-order valence-electron chi connectivity index (χ1n) is 6.36. The van der Waals surface area contributed by atoms with Crippen LogP contribution in [0.1, 0.15) is 36.0 Å². The van der Waals surface area contributed by atoms with Gasteiger partial charge in [-0.1, -0.05) is 22.4 Å². The Balaban J connectivity index is 1.99. The van der Waals surface area contributed by atoms with E-state index in [1.54, 1.807) is 0 Å². The Kier molecular flexibility index (Phi) is 4.42. The molecular formula is C14H15BrFNO3. The summed E-state index contributed by atoms with van der Waals surface area (Å²) in [5.41, 5.74) is -0.117. The molecule has 0 spiro atoms. The largest absolute Gasteiger partial charge is 0.481 e. The third-order valence-electron chi connectivity index (χ3n) is 3.69. The second-order valence-corrected chi connectivity index (χ2v) is 6.18. The second-order valence-electron chi connectivity index (χ2n) is 5.26. The quantitative estimate of drug-likeness (QED) is 0.863. The van der Waals surface area contributed by atoms with E-state index in [2.05, 4.69) is 21.2 Å². The van der Waals surface area contributed by atoms with Crippen LogP contribution < -0.4 is 5.32 Å². The van der Waals surface area contributed by atoms with Crippen LogP contribution in [0.5, 0.6) is 0 Å². The fourth-order valence-electron chi connectivity index (χ4n) is 2.47. The van der Waals surface area contributed by atoms with Gasteiger partial charge in [-0.05, 0) is 36.5 Å². The van der Waals surface area contributed by atoms with Crippen LogP contribution in [0.2, 0.25) is 0 Å². The predicted octanol–water partition coefficient (Wildman–Crippen LogP) is 2.96. The van der Waals surface area contributed by atoms with Crippen LogP contribution in [-0.2, 0) is 4.79 Å². The maximum atomic E-state index is 13.2. The molecule has 1 aromatic carbocycles. The van der Waals surface area contributed by atoms with Crippen molar-refractivity contribution in [1.82, 2.24) is 5.32 Å². The van der Waals surface area contributed by atoms with Crippen LogP contribution in [0.4, 0.5) is 4.39 Å². The van der Waals surface area contributed by atoms with Crippen LogP contribution in [0, 0.1) is 11.2 Å². The number of carboxylic acids is 1. The van der Waals surface area contributed by atoms with E-state index >= 15 is 0 Å². The SMILES string of the molecule is O=C(O)CC1(CNC(=O)c2cc(F)cc(Br)c2)CCC1. The lowest BCUT2D eigenvalue weighted by Gasteiger charge is -2.40. The molecule has 1 saturated carbocycles. The van der Waals surface area contributed by atoms with Crippen molar-refractivity contribution >= 4 is 27.8 Å². The minimum atomic E-state index is -0.854. The highest BCUT2D eigenvalue weighted by atomic mass is 79.9. The van der Waals surface area contributed by atoms with E-state index in [0.717, 1.165) is 25.3 Å². The fourth-order valence-corrected chi connectivity index (χ4v) is 2.93. The van der Waals surface area contributed by atoms with Crippen molar-refractivity contribution in [3.8, 4) is 0 Å². The van der Waals surface area contributed by atoms with E-state index in [-0.39, 0.29) is 23.3 Å². The number of carbonyl (C=O) groups is 2. The molecule has 0 atom stereocenters. The Morgan fingerprint density at radius 3 is 2.55 bits per heavy atom. The first-order valence-corrected chi connectivity index (χ1v) is 7.16. The van der Waals surface area contributed by atoms with Gasteiger partial charge in [0.15, 0.2) is 0 Å². The highest BCUT2D eigenvalue weighted by Crippen LogP contribution is 2.43. The van der Waals surface area contributed by atoms with Gasteiger partial charge in [0.2, 0.25) is 0 Å². The van der Waals surface area contributed by atoms with Crippen molar-refractivity contribution in [2.24, 2.45) is 5.41 Å². The van der Waals surface area contributed by atoms with E-state index in [9.17, 15) is 14.0 Å². The Labute approximate surface area is 124 Å². The number of carbonyl (C=O) groups excluding carboxylic acids is 1. The molecule has 2 rings (SSSR count). The second kappa shape index (κ2) is 5.91. The maximum absolute atomic E-state index is 13.2. The minimum Gasteiger partial charge on any atom is -0.481 e. The van der Waals surface area contributed by atoms with E-state index in [4.69, 9.17) is 5.11 Å². The number of benzene rings is 1. The maximum Gasteiger partial charge on any atom is 0.303 e. The van der Waals surface area contributed by atoms with Gasteiger partial charge in [0.05, 0.1) is 6.42 Å². The monoisotopic (exact) mass is 343 g/mol. The average molecular weight is 344 g/mol. The minimum absolute atomic E-state index is 0.0557. The lowest BCUT2D eigenvalue weighted by Crippen LogP contribution is -2.43. The highest BCUT2D eigenvalue weighted by Gasteiger charge is 2.39. The molecule has 1 aliphatic rings. The molecule has 4 nitrogen and oxygen atoms in total. The summed E-state index contributed by atoms with van der Waals surface area (Å²) in [5.74, 6) is -1.73. The summed E-state index contributed by atoms with van der Waals surface area (Å²) in [5, 5.41) is 11.6. The highest BCUT2D eigenvalue weighted by molar-refractivity contribution is 9.10. The summed E-state index contributed by atoms with van der Waals surface area (Å²) in [6.07, 6.45) is 2.63. The molecule has 0 unspecified atom stereocenters. The number of hydrogen-bond donors (Lipinski definition) is 2. The average Bonchev–Trinajstić information content (AvgIpc) is 2.30. The summed E-state index contributed by atoms with van der Waals surface area (Å²) < 4.78 is 13.7. The first-order chi connectivity index (χ1) is 9.40. The number of aliphatic carboxylic acids is 1. The van der Waals surface area contributed by atoms with Crippen LogP contribution in [0.15, 0.2) is 22.7 Å². The van der Waals surface area contributed by atoms with Gasteiger partial charge in [-0.15, -0.1) is 0 Å². The zero-order valence-corrected chi connectivity index (χ0v) is 12.4. The summed E-state index contributed by atoms with van der Waals surface area (Å²) in [6.45, 7) is 0.312. The molecular weight excluding hydrogens is 329 g/mol. The van der Waals surface area contributed by atoms with Gasteiger partial charge in [-0.3, -0.25) is 9.59 Å². The van der Waals surface area contributed by atoms with Crippen LogP contribution in [-0.4, -0.2) is 23.5 Å². The molecule has 0 bridgehead atoms. The first kappa shape index (κ1) is 15.0. The van der Waals surface area contributed by atoms with E-state index in [0.29, 0.717) is 11.0 Å². The van der Waals surface area contributed by atoms with E-state index in [1.165, 1.54) is 12.1 Å². The lowest BCUT2D eigenvalue weighted by atomic mass is 9.66. The summed E-state index contributed by atoms with van der Waals surface area (Å²) in [4.78, 5) is 22.8. The van der Waals surface area contributed by atoms with Crippen molar-refractivity contribution in [2.45, 2.75) is 25.7 Å². The molecule has 20 heavy (non-hydrogen) atoms. The summed E-state index contributed by atoms with van der Waals surface area (Å²) >= 11 is 3.13. The van der Waals surface area contributed by atoms with Gasteiger partial charge < -0.3 is 10.4 Å². The number of nitrogens with one attached hydrogen (secondary N) is 1. The molecule has 1 fully saturated rings. The number of halogens is 2. The summed E-state index contributed by atoms with van der Waals surface area (Å²) in [7, 11) is 0. The van der Waals surface area contributed by atoms with Crippen molar-refractivity contribution in [1.29, 1.82) is 0 Å². The molecule has 2 N–H and O–H groups in total. The molecule has 108 valence electrons. The molecule has 0 aromatic heterocycles. The molecule has 0 heterocycles. The third kappa shape index (κ3) is 3.56. The Morgan fingerprint density at radius 2 is 2.05 bits per heavy atom. The number of amides is 1. The smallest absolute Gasteiger partial charge is 0.303 e. The number of hydrogen-bond acceptors (Lipinski definition) is 2. The molecule has 1 amide bonds. The van der Waals surface area contributed by atoms with Crippen molar-refractivity contribution in [2.75, 3.05) is 6.54 Å². The van der Waals surface area contributed by atoms with Crippen LogP contribution >= 0.6 is 15.9 Å². The predicted molar refractivity (Wildman–Crippen MR) is 75.0 cm³/mol. The molecule has 0 saturated heterocycles. The molecule has 6 heteroatoms. The van der Waals surface area contributed by atoms with E-state index < -0.39 is 11.8 Å². The summed E-state index contributed by atoms with van der Waals surface area (Å²) in [6, 6.07) is 3.96. The van der Waals surface area contributed by atoms with Gasteiger partial charge in [-0.2, -0.15) is 0 Å².